The zero-order valence-electron chi connectivity index (χ0n) is 10.6. The van der Waals surface area contributed by atoms with Crippen LogP contribution in [0.25, 0.3) is 0 Å². The van der Waals surface area contributed by atoms with Crippen molar-refractivity contribution in [2.45, 2.75) is 11.4 Å². The molecule has 2 rings (SSSR count). The van der Waals surface area contributed by atoms with Gasteiger partial charge in [0.2, 0.25) is 10.0 Å². The van der Waals surface area contributed by atoms with E-state index in [-0.39, 0.29) is 17.3 Å². The molecule has 4 nitrogen and oxygen atoms in total. The molecule has 21 heavy (non-hydrogen) atoms. The summed E-state index contributed by atoms with van der Waals surface area (Å²) >= 11 is 6.45. The Bertz CT molecular complexity index is 782. The van der Waals surface area contributed by atoms with Crippen LogP contribution < -0.4 is 10.5 Å². The van der Waals surface area contributed by atoms with Crippen LogP contribution in [0.1, 0.15) is 5.56 Å². The summed E-state index contributed by atoms with van der Waals surface area (Å²) in [6.45, 7) is 0.270. The van der Waals surface area contributed by atoms with E-state index < -0.39 is 10.0 Å². The molecule has 0 spiro atoms. The second kappa shape index (κ2) is 6.43. The first-order valence-corrected chi connectivity index (χ1v) is 8.91. The summed E-state index contributed by atoms with van der Waals surface area (Å²) in [5, 5.41) is 8.08. The average molecular weight is 438 g/mol. The molecule has 0 aliphatic carbocycles. The molecule has 8 heteroatoms. The van der Waals surface area contributed by atoms with E-state index in [1.54, 1.807) is 18.2 Å². The standard InChI is InChI=1S/C13H11Br2FN2O2S/c14-9-2-1-8(12(16)5-9)7-18-13-4-3-10(6-11(13)15)21(17,19)20/h1-6,18H,7H2,(H2,17,19,20). The van der Waals surface area contributed by atoms with Gasteiger partial charge in [-0.2, -0.15) is 0 Å². The molecule has 0 saturated carbocycles. The molecule has 112 valence electrons. The summed E-state index contributed by atoms with van der Waals surface area (Å²) in [4.78, 5) is 0.00903. The first-order chi connectivity index (χ1) is 9.77. The highest BCUT2D eigenvalue weighted by molar-refractivity contribution is 9.10. The highest BCUT2D eigenvalue weighted by Gasteiger charge is 2.10. The van der Waals surface area contributed by atoms with E-state index in [0.29, 0.717) is 20.2 Å². The first-order valence-electron chi connectivity index (χ1n) is 5.77. The number of hydrogen-bond acceptors (Lipinski definition) is 3. The Morgan fingerprint density at radius 1 is 1.14 bits per heavy atom. The van der Waals surface area contributed by atoms with E-state index in [1.165, 1.54) is 18.2 Å². The predicted molar refractivity (Wildman–Crippen MR) is 86.9 cm³/mol. The normalized spacial score (nSPS) is 11.4. The molecule has 0 aliphatic rings. The van der Waals surface area contributed by atoms with Gasteiger partial charge >= 0.3 is 0 Å². The molecular weight excluding hydrogens is 427 g/mol. The molecule has 0 amide bonds. The minimum absolute atomic E-state index is 0.00903. The maximum Gasteiger partial charge on any atom is 0.238 e. The van der Waals surface area contributed by atoms with Gasteiger partial charge in [0.1, 0.15) is 5.82 Å². The number of anilines is 1. The second-order valence-electron chi connectivity index (χ2n) is 4.28. The van der Waals surface area contributed by atoms with Crippen LogP contribution >= 0.6 is 31.9 Å². The predicted octanol–water partition coefficient (Wildman–Crippen LogP) is 3.61. The van der Waals surface area contributed by atoms with Crippen LogP contribution in [0.5, 0.6) is 0 Å². The van der Waals surface area contributed by atoms with Crippen molar-refractivity contribution in [3.05, 3.63) is 56.7 Å². The zero-order chi connectivity index (χ0) is 15.6. The van der Waals surface area contributed by atoms with Gasteiger partial charge in [-0.15, -0.1) is 0 Å². The number of benzene rings is 2. The molecular formula is C13H11Br2FN2O2S. The van der Waals surface area contributed by atoms with E-state index in [9.17, 15) is 12.8 Å². The van der Waals surface area contributed by atoms with Crippen molar-refractivity contribution in [1.82, 2.24) is 0 Å². The third-order valence-corrected chi connectivity index (χ3v) is 4.81. The highest BCUT2D eigenvalue weighted by atomic mass is 79.9. The number of sulfonamides is 1. The summed E-state index contributed by atoms with van der Waals surface area (Å²) in [5.74, 6) is -0.325. The molecule has 2 aromatic carbocycles. The Kier molecular flexibility index (Phi) is 5.03. The van der Waals surface area contributed by atoms with Crippen LogP contribution in [0, 0.1) is 5.82 Å². The maximum absolute atomic E-state index is 13.7. The summed E-state index contributed by atoms with van der Waals surface area (Å²) < 4.78 is 37.4. The minimum atomic E-state index is -3.74. The Hall–Kier alpha value is -0.960. The van der Waals surface area contributed by atoms with Gasteiger partial charge in [0.25, 0.3) is 0 Å². The molecule has 3 N–H and O–H groups in total. The lowest BCUT2D eigenvalue weighted by Gasteiger charge is -2.10. The van der Waals surface area contributed by atoms with Crippen molar-refractivity contribution in [3.63, 3.8) is 0 Å². The molecule has 0 saturated heterocycles. The van der Waals surface area contributed by atoms with Crippen molar-refractivity contribution >= 4 is 47.6 Å². The summed E-state index contributed by atoms with van der Waals surface area (Å²) in [6, 6.07) is 9.16. The first kappa shape index (κ1) is 16.4. The number of nitrogens with one attached hydrogen (secondary N) is 1. The van der Waals surface area contributed by atoms with E-state index in [0.717, 1.165) is 0 Å². The van der Waals surface area contributed by atoms with Crippen molar-refractivity contribution in [2.24, 2.45) is 5.14 Å². The number of halogens is 3. The number of hydrogen-bond donors (Lipinski definition) is 2. The van der Waals surface area contributed by atoms with Gasteiger partial charge < -0.3 is 5.32 Å². The van der Waals surface area contributed by atoms with Crippen LogP contribution in [0.4, 0.5) is 10.1 Å². The minimum Gasteiger partial charge on any atom is -0.380 e. The lowest BCUT2D eigenvalue weighted by molar-refractivity contribution is 0.598. The van der Waals surface area contributed by atoms with E-state index >= 15 is 0 Å². The largest absolute Gasteiger partial charge is 0.380 e. The van der Waals surface area contributed by atoms with Crippen LogP contribution in [0.3, 0.4) is 0 Å². The van der Waals surface area contributed by atoms with Gasteiger partial charge in [-0.25, -0.2) is 17.9 Å². The molecule has 2 aromatic rings. The summed E-state index contributed by atoms with van der Waals surface area (Å²) in [7, 11) is -3.74. The van der Waals surface area contributed by atoms with Crippen LogP contribution in [0.2, 0.25) is 0 Å². The van der Waals surface area contributed by atoms with Gasteiger partial charge in [-0.05, 0) is 46.3 Å². The lowest BCUT2D eigenvalue weighted by atomic mass is 10.2. The Morgan fingerprint density at radius 2 is 1.86 bits per heavy atom. The third kappa shape index (κ3) is 4.26. The topological polar surface area (TPSA) is 72.2 Å². The van der Waals surface area contributed by atoms with Gasteiger partial charge in [-0.1, -0.05) is 22.0 Å². The Morgan fingerprint density at radius 3 is 2.43 bits per heavy atom. The lowest BCUT2D eigenvalue weighted by Crippen LogP contribution is -2.12. The third-order valence-electron chi connectivity index (χ3n) is 2.75. The molecule has 0 atom stereocenters. The Balaban J connectivity index is 2.17. The maximum atomic E-state index is 13.7. The van der Waals surface area contributed by atoms with E-state index in [2.05, 4.69) is 37.2 Å². The monoisotopic (exact) mass is 436 g/mol. The quantitative estimate of drug-likeness (QED) is 0.767. The molecule has 0 aromatic heterocycles. The second-order valence-corrected chi connectivity index (χ2v) is 7.61. The average Bonchev–Trinajstić information content (AvgIpc) is 2.38. The van der Waals surface area contributed by atoms with Crippen LogP contribution in [-0.4, -0.2) is 8.42 Å². The Labute approximate surface area is 138 Å². The molecule has 0 radical (unpaired) electrons. The van der Waals surface area contributed by atoms with Crippen LogP contribution in [0.15, 0.2) is 50.2 Å². The fraction of sp³-hybridized carbons (Fsp3) is 0.0769. The van der Waals surface area contributed by atoms with Crippen molar-refractivity contribution in [3.8, 4) is 0 Å². The fourth-order valence-electron chi connectivity index (χ4n) is 1.67. The van der Waals surface area contributed by atoms with E-state index in [1.807, 2.05) is 0 Å². The summed E-state index contributed by atoms with van der Waals surface area (Å²) in [6.07, 6.45) is 0. The smallest absolute Gasteiger partial charge is 0.238 e. The van der Waals surface area contributed by atoms with Crippen LogP contribution in [-0.2, 0) is 16.6 Å². The molecule has 0 unspecified atom stereocenters. The van der Waals surface area contributed by atoms with Crippen molar-refractivity contribution in [1.29, 1.82) is 0 Å². The summed E-state index contributed by atoms with van der Waals surface area (Å²) in [5.41, 5.74) is 1.14. The molecule has 0 heterocycles. The SMILES string of the molecule is NS(=O)(=O)c1ccc(NCc2ccc(Br)cc2F)c(Br)c1. The van der Waals surface area contributed by atoms with Gasteiger partial charge in [-0.3, -0.25) is 0 Å². The molecule has 0 aliphatic heterocycles. The van der Waals surface area contributed by atoms with Gasteiger partial charge in [0.15, 0.2) is 0 Å². The van der Waals surface area contributed by atoms with E-state index in [4.69, 9.17) is 5.14 Å². The zero-order valence-corrected chi connectivity index (χ0v) is 14.6. The van der Waals surface area contributed by atoms with Crippen molar-refractivity contribution < 1.29 is 12.8 Å². The number of primary sulfonamides is 1. The molecule has 0 fully saturated rings. The van der Waals surface area contributed by atoms with Crippen molar-refractivity contribution in [2.75, 3.05) is 5.32 Å². The highest BCUT2D eigenvalue weighted by Crippen LogP contribution is 2.26. The van der Waals surface area contributed by atoms with Gasteiger partial charge in [0, 0.05) is 26.7 Å². The fourth-order valence-corrected chi connectivity index (χ4v) is 3.22. The number of nitrogens with two attached hydrogens (primary N) is 1. The number of rotatable bonds is 4. The molecule has 0 bridgehead atoms. The van der Waals surface area contributed by atoms with Gasteiger partial charge in [0.05, 0.1) is 4.90 Å².